The van der Waals surface area contributed by atoms with Crippen molar-refractivity contribution in [2.24, 2.45) is 0 Å². The van der Waals surface area contributed by atoms with Gasteiger partial charge in [-0.25, -0.2) is 4.79 Å². The van der Waals surface area contributed by atoms with E-state index in [4.69, 9.17) is 16.0 Å². The van der Waals surface area contributed by atoms with Gasteiger partial charge in [-0.15, -0.1) is 0 Å². The van der Waals surface area contributed by atoms with Gasteiger partial charge in [0.1, 0.15) is 23.2 Å². The molecule has 3 rings (SSSR count). The Kier molecular flexibility index (Phi) is 5.90. The van der Waals surface area contributed by atoms with E-state index in [1.807, 2.05) is 13.0 Å². The molecule has 1 aromatic heterocycles. The minimum Gasteiger partial charge on any atom is -0.478 e. The molecule has 0 aliphatic carbocycles. The van der Waals surface area contributed by atoms with Crippen molar-refractivity contribution in [1.82, 2.24) is 4.90 Å². The highest BCUT2D eigenvalue weighted by Gasteiger charge is 2.35. The molecule has 0 saturated carbocycles. The van der Waals surface area contributed by atoms with Crippen LogP contribution in [0.5, 0.6) is 0 Å². The summed E-state index contributed by atoms with van der Waals surface area (Å²) in [5.74, 6) is -1.54. The number of nitrogens with zero attached hydrogens (tertiary/aromatic N) is 2. The van der Waals surface area contributed by atoms with Gasteiger partial charge in [-0.3, -0.25) is 14.5 Å². The van der Waals surface area contributed by atoms with E-state index in [2.05, 4.69) is 0 Å². The Balaban J connectivity index is 2.03. The van der Waals surface area contributed by atoms with Gasteiger partial charge in [0, 0.05) is 17.7 Å². The fourth-order valence-electron chi connectivity index (χ4n) is 3.13. The van der Waals surface area contributed by atoms with Crippen LogP contribution in [0.3, 0.4) is 0 Å². The largest absolute Gasteiger partial charge is 0.478 e. The Bertz CT molecular complexity index is 1170. The van der Waals surface area contributed by atoms with E-state index in [-0.39, 0.29) is 33.9 Å². The van der Waals surface area contributed by atoms with Crippen molar-refractivity contribution in [3.8, 4) is 17.4 Å². The van der Waals surface area contributed by atoms with Crippen LogP contribution in [0.15, 0.2) is 51.5 Å². The van der Waals surface area contributed by atoms with Crippen molar-refractivity contribution in [2.45, 2.75) is 20.3 Å². The molecule has 2 aromatic rings. The lowest BCUT2D eigenvalue weighted by Crippen LogP contribution is -2.43. The Morgan fingerprint density at radius 2 is 2.00 bits per heavy atom. The maximum Gasteiger partial charge on any atom is 0.337 e. The number of nitriles is 1. The minimum atomic E-state index is -1.16. The highest BCUT2D eigenvalue weighted by atomic mass is 35.5. The SMILES string of the molecule is CCCN1C(=O)C(C#N)=C(C)/C(=C\c2ccc(-c3ccc(Cl)c(C(=O)O)c3)o2)C1=O. The van der Waals surface area contributed by atoms with Gasteiger partial charge in [0.15, 0.2) is 0 Å². The third-order valence-corrected chi connectivity index (χ3v) is 5.00. The zero-order valence-corrected chi connectivity index (χ0v) is 17.0. The first-order valence-electron chi connectivity index (χ1n) is 9.10. The highest BCUT2D eigenvalue weighted by Crippen LogP contribution is 2.30. The number of amides is 2. The molecule has 0 radical (unpaired) electrons. The molecular weight excluding hydrogens is 408 g/mol. The number of carbonyl (C=O) groups is 3. The summed E-state index contributed by atoms with van der Waals surface area (Å²) in [6, 6.07) is 9.61. The van der Waals surface area contributed by atoms with Gasteiger partial charge in [-0.2, -0.15) is 5.26 Å². The van der Waals surface area contributed by atoms with Crippen LogP contribution in [0.25, 0.3) is 17.4 Å². The summed E-state index contributed by atoms with van der Waals surface area (Å²) in [6.45, 7) is 3.59. The van der Waals surface area contributed by atoms with Crippen molar-refractivity contribution >= 4 is 35.5 Å². The van der Waals surface area contributed by atoms with E-state index in [1.54, 1.807) is 25.1 Å². The molecule has 2 amide bonds. The van der Waals surface area contributed by atoms with Crippen LogP contribution < -0.4 is 0 Å². The molecule has 1 aliphatic rings. The molecule has 7 nitrogen and oxygen atoms in total. The van der Waals surface area contributed by atoms with Crippen molar-refractivity contribution in [1.29, 1.82) is 5.26 Å². The number of imide groups is 1. The monoisotopic (exact) mass is 424 g/mol. The number of carbonyl (C=O) groups excluding carboxylic acids is 2. The molecular formula is C22H17ClN2O5. The van der Waals surface area contributed by atoms with Crippen molar-refractivity contribution < 1.29 is 23.9 Å². The van der Waals surface area contributed by atoms with Gasteiger partial charge in [0.05, 0.1) is 10.6 Å². The zero-order chi connectivity index (χ0) is 22.0. The molecule has 0 saturated heterocycles. The normalized spacial score (nSPS) is 15.7. The Labute approximate surface area is 177 Å². The summed E-state index contributed by atoms with van der Waals surface area (Å²) in [5, 5.41) is 18.7. The van der Waals surface area contributed by atoms with Crippen LogP contribution >= 0.6 is 11.6 Å². The first kappa shape index (κ1) is 21.1. The van der Waals surface area contributed by atoms with Crippen LogP contribution in [0.1, 0.15) is 36.4 Å². The number of benzene rings is 1. The van der Waals surface area contributed by atoms with E-state index in [9.17, 15) is 24.8 Å². The Hall–Kier alpha value is -3.63. The van der Waals surface area contributed by atoms with E-state index in [0.717, 1.165) is 4.90 Å². The van der Waals surface area contributed by atoms with E-state index < -0.39 is 17.8 Å². The van der Waals surface area contributed by atoms with E-state index in [1.165, 1.54) is 18.2 Å². The first-order chi connectivity index (χ1) is 14.3. The quantitative estimate of drug-likeness (QED) is 0.565. The molecule has 0 spiro atoms. The summed E-state index contributed by atoms with van der Waals surface area (Å²) >= 11 is 5.90. The van der Waals surface area contributed by atoms with Gasteiger partial charge in [0.25, 0.3) is 11.8 Å². The molecule has 0 bridgehead atoms. The van der Waals surface area contributed by atoms with Gasteiger partial charge >= 0.3 is 5.97 Å². The molecule has 30 heavy (non-hydrogen) atoms. The number of carboxylic acid groups (broad SMARTS) is 1. The van der Waals surface area contributed by atoms with Crippen LogP contribution in [-0.2, 0) is 9.59 Å². The molecule has 8 heteroatoms. The van der Waals surface area contributed by atoms with Crippen LogP contribution in [0, 0.1) is 11.3 Å². The number of halogens is 1. The molecule has 1 aromatic carbocycles. The second-order valence-electron chi connectivity index (χ2n) is 6.63. The molecule has 0 fully saturated rings. The topological polar surface area (TPSA) is 112 Å². The summed E-state index contributed by atoms with van der Waals surface area (Å²) in [7, 11) is 0. The summed E-state index contributed by atoms with van der Waals surface area (Å²) in [4.78, 5) is 37.5. The highest BCUT2D eigenvalue weighted by molar-refractivity contribution is 6.33. The van der Waals surface area contributed by atoms with Gasteiger partial charge in [-0.1, -0.05) is 18.5 Å². The number of hydrogen-bond donors (Lipinski definition) is 1. The van der Waals surface area contributed by atoms with Crippen molar-refractivity contribution in [3.05, 3.63) is 63.4 Å². The molecule has 1 N–H and O–H groups in total. The van der Waals surface area contributed by atoms with Gasteiger partial charge < -0.3 is 9.52 Å². The lowest BCUT2D eigenvalue weighted by Gasteiger charge is -2.26. The molecule has 152 valence electrons. The standard InChI is InChI=1S/C22H17ClN2O5/c1-3-8-25-20(26)15(12(2)17(11-24)21(25)27)10-14-5-7-19(30-14)13-4-6-18(23)16(9-13)22(28)29/h4-7,9-10H,3,8H2,1-2H3,(H,28,29)/b15-10+. The lowest BCUT2D eigenvalue weighted by atomic mass is 9.94. The predicted molar refractivity (Wildman–Crippen MR) is 109 cm³/mol. The fraction of sp³-hybridized carbons (Fsp3) is 0.182. The summed E-state index contributed by atoms with van der Waals surface area (Å²) in [5.41, 5.74) is 0.855. The molecule has 1 aliphatic heterocycles. The average Bonchev–Trinajstić information content (AvgIpc) is 3.18. The second-order valence-corrected chi connectivity index (χ2v) is 7.04. The number of aromatic carboxylic acids is 1. The fourth-order valence-corrected chi connectivity index (χ4v) is 3.33. The van der Waals surface area contributed by atoms with Gasteiger partial charge in [-0.05, 0) is 55.3 Å². The Morgan fingerprint density at radius 3 is 2.63 bits per heavy atom. The van der Waals surface area contributed by atoms with Crippen LogP contribution in [0.2, 0.25) is 5.02 Å². The smallest absolute Gasteiger partial charge is 0.337 e. The molecule has 0 atom stereocenters. The second kappa shape index (κ2) is 8.39. The third kappa shape index (κ3) is 3.78. The first-order valence-corrected chi connectivity index (χ1v) is 9.48. The maximum atomic E-state index is 12.8. The zero-order valence-electron chi connectivity index (χ0n) is 16.2. The lowest BCUT2D eigenvalue weighted by molar-refractivity contribution is -0.140. The molecule has 0 unspecified atom stereocenters. The van der Waals surface area contributed by atoms with Crippen molar-refractivity contribution in [3.63, 3.8) is 0 Å². The van der Waals surface area contributed by atoms with Crippen molar-refractivity contribution in [2.75, 3.05) is 6.54 Å². The number of furan rings is 1. The van der Waals surface area contributed by atoms with E-state index >= 15 is 0 Å². The maximum absolute atomic E-state index is 12.8. The summed E-state index contributed by atoms with van der Waals surface area (Å²) in [6.07, 6.45) is 2.04. The average molecular weight is 425 g/mol. The molecule has 2 heterocycles. The number of carboxylic acids is 1. The van der Waals surface area contributed by atoms with Crippen LogP contribution in [-0.4, -0.2) is 34.3 Å². The minimum absolute atomic E-state index is 0.0564. The summed E-state index contributed by atoms with van der Waals surface area (Å²) < 4.78 is 5.76. The number of rotatable bonds is 5. The predicted octanol–water partition coefficient (Wildman–Crippen LogP) is 4.30. The third-order valence-electron chi connectivity index (χ3n) is 4.67. The van der Waals surface area contributed by atoms with Gasteiger partial charge in [0.2, 0.25) is 0 Å². The number of hydrogen-bond acceptors (Lipinski definition) is 5. The Morgan fingerprint density at radius 1 is 1.27 bits per heavy atom. The van der Waals surface area contributed by atoms with Crippen LogP contribution in [0.4, 0.5) is 0 Å². The van der Waals surface area contributed by atoms with E-state index in [0.29, 0.717) is 23.5 Å².